The minimum absolute atomic E-state index is 0.00213. The molecule has 1 aliphatic carbocycles. The number of nitrogens with zero attached hydrogens (tertiary/aromatic N) is 3. The normalized spacial score (nSPS) is 20.4. The number of nitrogens with one attached hydrogen (secondary N) is 2. The predicted octanol–water partition coefficient (Wildman–Crippen LogP) is 2.33. The minimum atomic E-state index is -0.191. The Kier molecular flexibility index (Phi) is 4.72. The van der Waals surface area contributed by atoms with Crippen LogP contribution in [0.3, 0.4) is 0 Å². The van der Waals surface area contributed by atoms with Crippen molar-refractivity contribution >= 4 is 23.0 Å². The Hall–Kier alpha value is -2.64. The molecule has 0 aromatic carbocycles. The van der Waals surface area contributed by atoms with E-state index in [1.54, 1.807) is 13.1 Å². The number of aromatic nitrogens is 2. The van der Waals surface area contributed by atoms with Crippen LogP contribution in [0.15, 0.2) is 10.6 Å². The van der Waals surface area contributed by atoms with Crippen molar-refractivity contribution in [3.05, 3.63) is 23.0 Å². The van der Waals surface area contributed by atoms with E-state index in [1.165, 1.54) is 12.8 Å². The Labute approximate surface area is 157 Å². The predicted molar refractivity (Wildman–Crippen MR) is 99.6 cm³/mol. The number of hydrogen-bond donors (Lipinski definition) is 2. The summed E-state index contributed by atoms with van der Waals surface area (Å²) in [7, 11) is 1.60. The molecular formula is C19H25N5O3. The number of carbonyl (C=O) groups excluding carboxylic acids is 2. The van der Waals surface area contributed by atoms with Gasteiger partial charge in [-0.25, -0.2) is 9.78 Å². The molecular weight excluding hydrogens is 346 g/mol. The van der Waals surface area contributed by atoms with Gasteiger partial charge < -0.3 is 20.1 Å². The highest BCUT2D eigenvalue weighted by molar-refractivity contribution is 6.06. The maximum atomic E-state index is 12.5. The van der Waals surface area contributed by atoms with Crippen molar-refractivity contribution in [2.45, 2.75) is 51.0 Å². The topological polar surface area (TPSA) is 100 Å². The van der Waals surface area contributed by atoms with Crippen molar-refractivity contribution in [2.75, 3.05) is 20.1 Å². The number of amides is 3. The van der Waals surface area contributed by atoms with Gasteiger partial charge in [0.15, 0.2) is 0 Å². The van der Waals surface area contributed by atoms with Gasteiger partial charge >= 0.3 is 6.03 Å². The van der Waals surface area contributed by atoms with E-state index in [1.807, 2.05) is 11.8 Å². The van der Waals surface area contributed by atoms with Crippen LogP contribution in [-0.4, -0.2) is 53.2 Å². The molecule has 2 aliphatic rings. The fourth-order valence-corrected chi connectivity index (χ4v) is 4.19. The molecule has 8 heteroatoms. The van der Waals surface area contributed by atoms with Crippen LogP contribution in [0.1, 0.15) is 59.8 Å². The fraction of sp³-hybridized carbons (Fsp3) is 0.579. The van der Waals surface area contributed by atoms with Crippen LogP contribution in [0.4, 0.5) is 4.79 Å². The lowest BCUT2D eigenvalue weighted by Gasteiger charge is -2.20. The summed E-state index contributed by atoms with van der Waals surface area (Å²) < 4.78 is 5.42. The molecule has 1 aliphatic heterocycles. The molecule has 2 aromatic rings. The molecule has 27 heavy (non-hydrogen) atoms. The standard InChI is InChI=1S/C19H25N5O3/c1-11-9-14(17(25)20-2)15-16(23-27-18(15)21-11)12-7-8-24(10-12)19(26)22-13-5-3-4-6-13/h9,12-13H,3-8,10H2,1-2H3,(H,20,25)(H,22,26). The second kappa shape index (κ2) is 7.17. The monoisotopic (exact) mass is 371 g/mol. The number of likely N-dealkylation sites (tertiary alicyclic amines) is 1. The van der Waals surface area contributed by atoms with Gasteiger partial charge in [0.05, 0.1) is 16.6 Å². The molecule has 2 fully saturated rings. The molecule has 1 atom stereocenters. The zero-order valence-electron chi connectivity index (χ0n) is 15.7. The summed E-state index contributed by atoms with van der Waals surface area (Å²) in [6.07, 6.45) is 5.30. The number of carbonyl (C=O) groups is 2. The van der Waals surface area contributed by atoms with Crippen LogP contribution in [0.25, 0.3) is 11.1 Å². The van der Waals surface area contributed by atoms with Crippen molar-refractivity contribution in [3.8, 4) is 0 Å². The Morgan fingerprint density at radius 1 is 1.26 bits per heavy atom. The first-order chi connectivity index (χ1) is 13.1. The van der Waals surface area contributed by atoms with E-state index in [9.17, 15) is 9.59 Å². The third-order valence-corrected chi connectivity index (χ3v) is 5.62. The third kappa shape index (κ3) is 3.36. The zero-order chi connectivity index (χ0) is 19.0. The number of rotatable bonds is 3. The second-order valence-electron chi connectivity index (χ2n) is 7.50. The van der Waals surface area contributed by atoms with E-state index < -0.39 is 0 Å². The quantitative estimate of drug-likeness (QED) is 0.862. The van der Waals surface area contributed by atoms with Crippen molar-refractivity contribution in [1.82, 2.24) is 25.7 Å². The van der Waals surface area contributed by atoms with E-state index in [0.29, 0.717) is 47.2 Å². The molecule has 8 nitrogen and oxygen atoms in total. The molecule has 1 saturated carbocycles. The molecule has 1 unspecified atom stereocenters. The average molecular weight is 371 g/mol. The Bertz CT molecular complexity index is 872. The van der Waals surface area contributed by atoms with Gasteiger partial charge in [0.1, 0.15) is 0 Å². The maximum absolute atomic E-state index is 12.5. The zero-order valence-corrected chi connectivity index (χ0v) is 15.7. The van der Waals surface area contributed by atoms with Crippen LogP contribution < -0.4 is 10.6 Å². The number of fused-ring (bicyclic) bond motifs is 1. The lowest BCUT2D eigenvalue weighted by atomic mass is 9.99. The highest BCUT2D eigenvalue weighted by Gasteiger charge is 2.33. The van der Waals surface area contributed by atoms with Gasteiger partial charge in [-0.2, -0.15) is 0 Å². The van der Waals surface area contributed by atoms with E-state index >= 15 is 0 Å². The minimum Gasteiger partial charge on any atom is -0.355 e. The van der Waals surface area contributed by atoms with Crippen LogP contribution in [0.2, 0.25) is 0 Å². The van der Waals surface area contributed by atoms with E-state index in [-0.39, 0.29) is 17.9 Å². The first kappa shape index (κ1) is 17.8. The van der Waals surface area contributed by atoms with Crippen molar-refractivity contribution < 1.29 is 14.1 Å². The van der Waals surface area contributed by atoms with E-state index in [2.05, 4.69) is 20.8 Å². The second-order valence-corrected chi connectivity index (χ2v) is 7.50. The number of aryl methyl sites for hydroxylation is 1. The SMILES string of the molecule is CNC(=O)c1cc(C)nc2onc(C3CCN(C(=O)NC4CCCC4)C3)c12. The van der Waals surface area contributed by atoms with Gasteiger partial charge in [0.2, 0.25) is 0 Å². The van der Waals surface area contributed by atoms with Crippen LogP contribution in [0, 0.1) is 6.92 Å². The summed E-state index contributed by atoms with van der Waals surface area (Å²) in [4.78, 5) is 31.1. The molecule has 0 bridgehead atoms. The van der Waals surface area contributed by atoms with Crippen LogP contribution >= 0.6 is 0 Å². The molecule has 2 aromatic heterocycles. The molecule has 2 N–H and O–H groups in total. The summed E-state index contributed by atoms with van der Waals surface area (Å²) in [5, 5.41) is 10.7. The number of hydrogen-bond acceptors (Lipinski definition) is 5. The summed E-state index contributed by atoms with van der Waals surface area (Å²) in [6, 6.07) is 2.05. The lowest BCUT2D eigenvalue weighted by Crippen LogP contribution is -2.42. The van der Waals surface area contributed by atoms with Gasteiger partial charge in [-0.15, -0.1) is 0 Å². The molecule has 0 spiro atoms. The number of urea groups is 1. The van der Waals surface area contributed by atoms with Gasteiger partial charge in [0.25, 0.3) is 11.6 Å². The van der Waals surface area contributed by atoms with E-state index in [0.717, 1.165) is 19.3 Å². The Morgan fingerprint density at radius 2 is 2.04 bits per heavy atom. The highest BCUT2D eigenvalue weighted by atomic mass is 16.5. The fourth-order valence-electron chi connectivity index (χ4n) is 4.19. The highest BCUT2D eigenvalue weighted by Crippen LogP contribution is 2.33. The maximum Gasteiger partial charge on any atom is 0.317 e. The molecule has 1 saturated heterocycles. The van der Waals surface area contributed by atoms with Gasteiger partial charge in [-0.05, 0) is 32.3 Å². The summed E-state index contributed by atoms with van der Waals surface area (Å²) in [5.74, 6) is -0.155. The first-order valence-electron chi connectivity index (χ1n) is 9.61. The summed E-state index contributed by atoms with van der Waals surface area (Å²) in [6.45, 7) is 3.06. The first-order valence-corrected chi connectivity index (χ1v) is 9.61. The Balaban J connectivity index is 1.56. The van der Waals surface area contributed by atoms with Gasteiger partial charge in [-0.1, -0.05) is 18.0 Å². The van der Waals surface area contributed by atoms with Crippen molar-refractivity contribution in [2.24, 2.45) is 0 Å². The molecule has 4 rings (SSSR count). The molecule has 3 heterocycles. The molecule has 3 amide bonds. The number of pyridine rings is 1. The van der Waals surface area contributed by atoms with Crippen LogP contribution in [0.5, 0.6) is 0 Å². The Morgan fingerprint density at radius 3 is 2.78 bits per heavy atom. The molecule has 0 radical (unpaired) electrons. The van der Waals surface area contributed by atoms with Gasteiger partial charge in [0, 0.05) is 37.8 Å². The lowest BCUT2D eigenvalue weighted by molar-refractivity contribution is 0.0964. The van der Waals surface area contributed by atoms with Crippen molar-refractivity contribution in [1.29, 1.82) is 0 Å². The van der Waals surface area contributed by atoms with E-state index in [4.69, 9.17) is 4.52 Å². The smallest absolute Gasteiger partial charge is 0.317 e. The third-order valence-electron chi connectivity index (χ3n) is 5.62. The largest absolute Gasteiger partial charge is 0.355 e. The van der Waals surface area contributed by atoms with Gasteiger partial charge in [-0.3, -0.25) is 4.79 Å². The van der Waals surface area contributed by atoms with Crippen molar-refractivity contribution in [3.63, 3.8) is 0 Å². The molecule has 144 valence electrons. The summed E-state index contributed by atoms with van der Waals surface area (Å²) in [5.41, 5.74) is 2.31. The summed E-state index contributed by atoms with van der Waals surface area (Å²) >= 11 is 0. The average Bonchev–Trinajstić information content (AvgIpc) is 3.39. The van der Waals surface area contributed by atoms with Crippen LogP contribution in [-0.2, 0) is 0 Å².